The average Bonchev–Trinajstić information content (AvgIpc) is 2.74. The van der Waals surface area contributed by atoms with Gasteiger partial charge in [-0.2, -0.15) is 0 Å². The van der Waals surface area contributed by atoms with Gasteiger partial charge in [0, 0.05) is 6.07 Å². The van der Waals surface area contributed by atoms with E-state index < -0.39 is 10.7 Å². The molecule has 6 heteroatoms. The Morgan fingerprint density at radius 1 is 1.38 bits per heavy atom. The molecule has 0 unspecified atom stereocenters. The molecule has 1 heterocycles. The molecule has 2 aromatic rings. The van der Waals surface area contributed by atoms with Crippen LogP contribution in [0.5, 0.6) is 0 Å². The zero-order valence-electron chi connectivity index (χ0n) is 7.81. The molecule has 1 aromatic heterocycles. The van der Waals surface area contributed by atoms with Crippen LogP contribution in [-0.4, -0.2) is 4.92 Å². The van der Waals surface area contributed by atoms with Gasteiger partial charge in [0.2, 0.25) is 0 Å². The molecule has 0 aliphatic carbocycles. The van der Waals surface area contributed by atoms with Crippen LogP contribution < -0.4 is 0 Å². The molecule has 0 spiro atoms. The van der Waals surface area contributed by atoms with Crippen molar-refractivity contribution >= 4 is 17.3 Å². The monoisotopic (exact) mass is 241 g/mol. The number of hydrogen-bond acceptors (Lipinski definition) is 3. The van der Waals surface area contributed by atoms with Crippen LogP contribution in [-0.2, 0) is 0 Å². The van der Waals surface area contributed by atoms with Crippen molar-refractivity contribution in [1.82, 2.24) is 0 Å². The standard InChI is InChI=1S/C10H5ClFNO3/c11-10-6(12)3-4-7(13(14)15)9(10)8-2-1-5-16-8/h1-5H. The fourth-order valence-corrected chi connectivity index (χ4v) is 1.60. The van der Waals surface area contributed by atoms with Gasteiger partial charge in [-0.15, -0.1) is 0 Å². The number of benzene rings is 1. The van der Waals surface area contributed by atoms with Crippen LogP contribution in [0.3, 0.4) is 0 Å². The van der Waals surface area contributed by atoms with Crippen molar-refractivity contribution < 1.29 is 13.7 Å². The maximum atomic E-state index is 13.2. The predicted octanol–water partition coefficient (Wildman–Crippen LogP) is 3.65. The van der Waals surface area contributed by atoms with Gasteiger partial charge in [-0.1, -0.05) is 11.6 Å². The molecule has 4 nitrogen and oxygen atoms in total. The Bertz CT molecular complexity index is 539. The largest absolute Gasteiger partial charge is 0.464 e. The van der Waals surface area contributed by atoms with Crippen molar-refractivity contribution in [3.8, 4) is 11.3 Å². The van der Waals surface area contributed by atoms with E-state index in [-0.39, 0.29) is 22.0 Å². The topological polar surface area (TPSA) is 56.3 Å². The Labute approximate surface area is 94.4 Å². The summed E-state index contributed by atoms with van der Waals surface area (Å²) in [6.45, 7) is 0. The Morgan fingerprint density at radius 3 is 2.69 bits per heavy atom. The Kier molecular flexibility index (Phi) is 2.62. The number of rotatable bonds is 2. The summed E-state index contributed by atoms with van der Waals surface area (Å²) in [5.41, 5.74) is -0.335. The number of nitro groups is 1. The molecule has 0 aliphatic heterocycles. The first-order valence-corrected chi connectivity index (χ1v) is 4.65. The highest BCUT2D eigenvalue weighted by Gasteiger charge is 2.23. The lowest BCUT2D eigenvalue weighted by Gasteiger charge is -2.03. The number of halogens is 2. The molecule has 0 saturated heterocycles. The van der Waals surface area contributed by atoms with E-state index in [1.54, 1.807) is 6.07 Å². The second kappa shape index (κ2) is 3.94. The molecule has 0 aliphatic rings. The number of furan rings is 1. The van der Waals surface area contributed by atoms with Crippen molar-refractivity contribution in [2.24, 2.45) is 0 Å². The molecule has 0 fully saturated rings. The number of nitro benzene ring substituents is 1. The minimum absolute atomic E-state index is 0.0448. The SMILES string of the molecule is O=[N+]([O-])c1ccc(F)c(Cl)c1-c1ccco1. The van der Waals surface area contributed by atoms with E-state index in [9.17, 15) is 14.5 Å². The van der Waals surface area contributed by atoms with E-state index in [1.807, 2.05) is 0 Å². The van der Waals surface area contributed by atoms with Crippen LogP contribution in [0.4, 0.5) is 10.1 Å². The maximum absolute atomic E-state index is 13.2. The molecule has 16 heavy (non-hydrogen) atoms. The smallest absolute Gasteiger partial charge is 0.282 e. The highest BCUT2D eigenvalue weighted by atomic mass is 35.5. The lowest BCUT2D eigenvalue weighted by atomic mass is 10.1. The van der Waals surface area contributed by atoms with Crippen LogP contribution in [0.1, 0.15) is 0 Å². The lowest BCUT2D eigenvalue weighted by molar-refractivity contribution is -0.384. The first-order chi connectivity index (χ1) is 7.61. The van der Waals surface area contributed by atoms with Gasteiger partial charge in [-0.05, 0) is 18.2 Å². The van der Waals surface area contributed by atoms with Crippen molar-refractivity contribution in [2.45, 2.75) is 0 Å². The maximum Gasteiger partial charge on any atom is 0.282 e. The molecule has 0 atom stereocenters. The van der Waals surface area contributed by atoms with Crippen LogP contribution in [0, 0.1) is 15.9 Å². The highest BCUT2D eigenvalue weighted by Crippen LogP contribution is 2.37. The van der Waals surface area contributed by atoms with E-state index >= 15 is 0 Å². The Hall–Kier alpha value is -1.88. The van der Waals surface area contributed by atoms with E-state index in [4.69, 9.17) is 16.0 Å². The lowest BCUT2D eigenvalue weighted by Crippen LogP contribution is -1.93. The Morgan fingerprint density at radius 2 is 2.12 bits per heavy atom. The van der Waals surface area contributed by atoms with Crippen LogP contribution in [0.25, 0.3) is 11.3 Å². The van der Waals surface area contributed by atoms with Gasteiger partial charge in [0.05, 0.1) is 16.2 Å². The third kappa shape index (κ3) is 1.65. The first kappa shape index (κ1) is 10.6. The van der Waals surface area contributed by atoms with Gasteiger partial charge in [0.25, 0.3) is 5.69 Å². The van der Waals surface area contributed by atoms with Gasteiger partial charge in [0.1, 0.15) is 17.1 Å². The normalized spacial score (nSPS) is 10.4. The van der Waals surface area contributed by atoms with Crippen molar-refractivity contribution in [3.63, 3.8) is 0 Å². The van der Waals surface area contributed by atoms with Crippen LogP contribution in [0.2, 0.25) is 5.02 Å². The number of nitrogens with zero attached hydrogens (tertiary/aromatic N) is 1. The highest BCUT2D eigenvalue weighted by molar-refractivity contribution is 6.33. The minimum Gasteiger partial charge on any atom is -0.464 e. The van der Waals surface area contributed by atoms with Gasteiger partial charge in [0.15, 0.2) is 0 Å². The van der Waals surface area contributed by atoms with E-state index in [1.165, 1.54) is 12.3 Å². The Balaban J connectivity index is 2.74. The summed E-state index contributed by atoms with van der Waals surface area (Å²) < 4.78 is 18.2. The quantitative estimate of drug-likeness (QED) is 0.596. The third-order valence-corrected chi connectivity index (χ3v) is 2.41. The second-order valence-corrected chi connectivity index (χ2v) is 3.37. The van der Waals surface area contributed by atoms with Gasteiger partial charge in [-0.3, -0.25) is 10.1 Å². The summed E-state index contributed by atoms with van der Waals surface area (Å²) in [5, 5.41) is 10.4. The van der Waals surface area contributed by atoms with E-state index in [0.29, 0.717) is 0 Å². The van der Waals surface area contributed by atoms with Gasteiger partial charge in [-0.25, -0.2) is 4.39 Å². The van der Waals surface area contributed by atoms with Crippen molar-refractivity contribution in [2.75, 3.05) is 0 Å². The molecular formula is C10H5ClFNO3. The predicted molar refractivity (Wildman–Crippen MR) is 55.8 cm³/mol. The second-order valence-electron chi connectivity index (χ2n) is 2.99. The van der Waals surface area contributed by atoms with Crippen LogP contribution in [0.15, 0.2) is 34.9 Å². The summed E-state index contributed by atoms with van der Waals surface area (Å²) >= 11 is 5.69. The first-order valence-electron chi connectivity index (χ1n) is 4.27. The fourth-order valence-electron chi connectivity index (χ4n) is 1.35. The third-order valence-electron chi connectivity index (χ3n) is 2.04. The summed E-state index contributed by atoms with van der Waals surface area (Å²) in [4.78, 5) is 10.1. The molecule has 2 rings (SSSR count). The average molecular weight is 242 g/mol. The molecule has 0 amide bonds. The molecule has 0 N–H and O–H groups in total. The molecule has 0 saturated carbocycles. The zero-order valence-corrected chi connectivity index (χ0v) is 8.57. The van der Waals surface area contributed by atoms with Crippen LogP contribution >= 0.6 is 11.6 Å². The summed E-state index contributed by atoms with van der Waals surface area (Å²) in [6.07, 6.45) is 1.33. The molecule has 0 bridgehead atoms. The summed E-state index contributed by atoms with van der Waals surface area (Å²) in [7, 11) is 0. The van der Waals surface area contributed by atoms with Gasteiger partial charge < -0.3 is 4.42 Å². The molecule has 82 valence electrons. The van der Waals surface area contributed by atoms with E-state index in [0.717, 1.165) is 12.1 Å². The zero-order chi connectivity index (χ0) is 11.7. The van der Waals surface area contributed by atoms with Crippen molar-refractivity contribution in [1.29, 1.82) is 0 Å². The summed E-state index contributed by atoms with van der Waals surface area (Å²) in [6, 6.07) is 5.03. The summed E-state index contributed by atoms with van der Waals surface area (Å²) in [5.74, 6) is -0.560. The molecule has 0 radical (unpaired) electrons. The molecule has 1 aromatic carbocycles. The fraction of sp³-hybridized carbons (Fsp3) is 0. The van der Waals surface area contributed by atoms with E-state index in [2.05, 4.69) is 0 Å². The van der Waals surface area contributed by atoms with Crippen molar-refractivity contribution in [3.05, 3.63) is 51.5 Å². The minimum atomic E-state index is -0.723. The number of hydrogen-bond donors (Lipinski definition) is 0. The van der Waals surface area contributed by atoms with Gasteiger partial charge >= 0.3 is 0 Å². The molecular weight excluding hydrogens is 237 g/mol.